The Labute approximate surface area is 267 Å². The van der Waals surface area contributed by atoms with E-state index in [1.807, 2.05) is 0 Å². The largest absolute Gasteiger partial charge is 0.504 e. The predicted octanol–water partition coefficient (Wildman–Crippen LogP) is -2.33. The molecule has 11 N–H and O–H groups in total. The summed E-state index contributed by atoms with van der Waals surface area (Å²) >= 11 is 0. The van der Waals surface area contributed by atoms with Gasteiger partial charge in [0.2, 0.25) is 17.7 Å². The van der Waals surface area contributed by atoms with Crippen LogP contribution >= 0.6 is 0 Å². The monoisotopic (exact) mass is 673 g/mol. The Bertz CT molecular complexity index is 1340. The first-order valence-corrected chi connectivity index (χ1v) is 15.7. The van der Waals surface area contributed by atoms with Gasteiger partial charge in [0.15, 0.2) is 11.5 Å². The second-order valence-electron chi connectivity index (χ2n) is 11.5. The van der Waals surface area contributed by atoms with Crippen molar-refractivity contribution >= 4 is 40.5 Å². The minimum absolute atomic E-state index is 0.00266. The number of hydrogen-bond acceptors (Lipinski definition) is 12. The quantitative estimate of drug-likeness (QED) is 0.111. The molecule has 18 heteroatoms. The number of aliphatic hydroxyl groups excluding tert-OH is 2. The minimum atomic E-state index is -2.21. The normalized spacial score (nSPS) is 25.8. The summed E-state index contributed by atoms with van der Waals surface area (Å²) in [5.74, 6) is -7.46. The van der Waals surface area contributed by atoms with E-state index in [4.69, 9.17) is 20.7 Å². The van der Waals surface area contributed by atoms with Gasteiger partial charge in [-0.2, -0.15) is 0 Å². The van der Waals surface area contributed by atoms with Crippen molar-refractivity contribution in [3.8, 4) is 11.5 Å². The number of rotatable bonds is 12. The number of aliphatic carboxylic acids is 2. The van der Waals surface area contributed by atoms with Gasteiger partial charge in [-0.15, -0.1) is 0 Å². The van der Waals surface area contributed by atoms with Crippen molar-refractivity contribution < 1.29 is 58.5 Å². The van der Waals surface area contributed by atoms with Gasteiger partial charge in [-0.3, -0.25) is 28.2 Å². The summed E-state index contributed by atoms with van der Waals surface area (Å²) in [5, 5.41) is 61.0. The molecule has 0 saturated heterocycles. The lowest BCUT2D eigenvalue weighted by Gasteiger charge is -2.38. The van der Waals surface area contributed by atoms with Crippen LogP contribution in [0.5, 0.6) is 11.5 Å². The van der Waals surface area contributed by atoms with Gasteiger partial charge < -0.3 is 57.3 Å². The van der Waals surface area contributed by atoms with Crippen LogP contribution in [0.4, 0.5) is 0 Å². The SMILES string of the molecule is CC[C@@]1(C)Oc2cc(c([S@@](=O)C[C@@H](O)C[C@H](N)C(=O)O)cc2O)[C@@H](O)[C@H](NC)C(=O)N[C@@H](C(C)C)C(=O)N[C@@H]1C(=O)NCC(=O)O. The molecule has 0 radical (unpaired) electrons. The molecular weight excluding hydrogens is 630 g/mol. The topological polar surface area (TPSA) is 287 Å². The zero-order chi connectivity index (χ0) is 35.1. The molecule has 1 heterocycles. The van der Waals surface area contributed by atoms with E-state index in [9.17, 15) is 43.5 Å². The lowest BCUT2D eigenvalue weighted by molar-refractivity contribution is -0.141. The third-order valence-corrected chi connectivity index (χ3v) is 9.15. The number of aromatic hydroxyl groups is 1. The Morgan fingerprint density at radius 1 is 1.15 bits per heavy atom. The molecule has 2 bridgehead atoms. The van der Waals surface area contributed by atoms with E-state index < -0.39 is 113 Å². The Hall–Kier alpha value is -3.84. The molecule has 0 spiro atoms. The van der Waals surface area contributed by atoms with E-state index in [-0.39, 0.29) is 22.6 Å². The summed E-state index contributed by atoms with van der Waals surface area (Å²) in [7, 11) is -0.859. The summed E-state index contributed by atoms with van der Waals surface area (Å²) in [6.45, 7) is 5.46. The Balaban J connectivity index is 2.78. The zero-order valence-electron chi connectivity index (χ0n) is 26.1. The summed E-state index contributed by atoms with van der Waals surface area (Å²) in [5.41, 5.74) is 3.61. The number of carboxylic acid groups (broad SMARTS) is 2. The minimum Gasteiger partial charge on any atom is -0.504 e. The van der Waals surface area contributed by atoms with Crippen molar-refractivity contribution in [2.24, 2.45) is 11.7 Å². The molecule has 1 aromatic carbocycles. The number of amides is 3. The number of carbonyl (C=O) groups excluding carboxylic acids is 3. The molecule has 46 heavy (non-hydrogen) atoms. The number of hydrogen-bond donors (Lipinski definition) is 10. The molecule has 0 saturated carbocycles. The fraction of sp³-hybridized carbons (Fsp3) is 0.607. The van der Waals surface area contributed by atoms with Crippen LogP contribution in [0, 0.1) is 5.92 Å². The van der Waals surface area contributed by atoms with Crippen molar-refractivity contribution in [2.45, 2.75) is 87.4 Å². The van der Waals surface area contributed by atoms with Gasteiger partial charge in [-0.25, -0.2) is 0 Å². The first-order chi connectivity index (χ1) is 21.4. The second-order valence-corrected chi connectivity index (χ2v) is 12.9. The number of fused-ring (bicyclic) bond motifs is 2. The van der Waals surface area contributed by atoms with Gasteiger partial charge in [0.05, 0.1) is 22.7 Å². The molecule has 3 amide bonds. The Kier molecular flexibility index (Phi) is 13.4. The lowest BCUT2D eigenvalue weighted by atomic mass is 9.91. The predicted molar refractivity (Wildman–Crippen MR) is 162 cm³/mol. The first kappa shape index (κ1) is 38.3. The summed E-state index contributed by atoms with van der Waals surface area (Å²) in [6.07, 6.45) is -3.71. The lowest BCUT2D eigenvalue weighted by Crippen LogP contribution is -2.65. The van der Waals surface area contributed by atoms with Crippen molar-refractivity contribution in [1.29, 1.82) is 0 Å². The van der Waals surface area contributed by atoms with Gasteiger partial charge in [-0.1, -0.05) is 20.8 Å². The van der Waals surface area contributed by atoms with E-state index in [1.54, 1.807) is 20.8 Å². The molecule has 17 nitrogen and oxygen atoms in total. The number of phenolic OH excluding ortho intramolecular Hbond substituents is 1. The van der Waals surface area contributed by atoms with Gasteiger partial charge in [-0.05, 0) is 32.4 Å². The molecule has 2 rings (SSSR count). The smallest absolute Gasteiger partial charge is 0.322 e. The van der Waals surface area contributed by atoms with E-state index in [1.165, 1.54) is 14.0 Å². The van der Waals surface area contributed by atoms with E-state index in [0.29, 0.717) is 0 Å². The molecular formula is C28H43N5O12S. The van der Waals surface area contributed by atoms with Crippen LogP contribution in [0.3, 0.4) is 0 Å². The second kappa shape index (κ2) is 16.1. The maximum atomic E-state index is 13.5. The van der Waals surface area contributed by atoms with Gasteiger partial charge in [0.1, 0.15) is 42.4 Å². The van der Waals surface area contributed by atoms with Crippen LogP contribution in [0.2, 0.25) is 0 Å². The van der Waals surface area contributed by atoms with Crippen molar-refractivity contribution in [1.82, 2.24) is 21.3 Å². The zero-order valence-corrected chi connectivity index (χ0v) is 26.9. The number of carbonyl (C=O) groups is 5. The van der Waals surface area contributed by atoms with Crippen LogP contribution < -0.4 is 31.7 Å². The van der Waals surface area contributed by atoms with Crippen molar-refractivity contribution in [3.63, 3.8) is 0 Å². The number of phenols is 1. The molecule has 0 aromatic heterocycles. The summed E-state index contributed by atoms with van der Waals surface area (Å²) < 4.78 is 19.6. The highest BCUT2D eigenvalue weighted by Crippen LogP contribution is 2.39. The maximum absolute atomic E-state index is 13.5. The van der Waals surface area contributed by atoms with Crippen LogP contribution in [0.15, 0.2) is 17.0 Å². The molecule has 1 aromatic rings. The Morgan fingerprint density at radius 2 is 1.78 bits per heavy atom. The molecule has 1 aliphatic heterocycles. The molecule has 1 aliphatic rings. The van der Waals surface area contributed by atoms with Crippen molar-refractivity contribution in [2.75, 3.05) is 19.3 Å². The average molecular weight is 674 g/mol. The number of ether oxygens (including phenoxy) is 1. The first-order valence-electron chi connectivity index (χ1n) is 14.4. The third kappa shape index (κ3) is 9.35. The van der Waals surface area contributed by atoms with Crippen LogP contribution in [-0.4, -0.2) is 115 Å². The van der Waals surface area contributed by atoms with Crippen LogP contribution in [0.25, 0.3) is 0 Å². The standard InChI is InChI=1S/C28H43N5O12S/c1-6-28(4)23(26(41)31-10-19(36)37)33-24(39)20(12(2)3)32-25(40)21(30-5)22(38)14-8-17(45-28)16(35)9-18(14)46(44)11-13(34)7-15(29)27(42)43/h8-9,12-13,15,20-23,30,34-35,38H,6-7,10-11,29H2,1-5H3,(H,31,41)(H,32,40)(H,33,39)(H,36,37)(H,42,43)/t13-,15-,20-,21-,22+,23+,28+,46-/m0/s1. The molecule has 0 fully saturated rings. The van der Waals surface area contributed by atoms with E-state index in [0.717, 1.165) is 12.1 Å². The van der Waals surface area contributed by atoms with Gasteiger partial charge >= 0.3 is 11.9 Å². The highest BCUT2D eigenvalue weighted by Gasteiger charge is 2.44. The number of nitrogens with two attached hydrogens (primary N) is 1. The van der Waals surface area contributed by atoms with E-state index >= 15 is 0 Å². The van der Waals surface area contributed by atoms with Crippen LogP contribution in [-0.2, 0) is 34.8 Å². The van der Waals surface area contributed by atoms with Gasteiger partial charge in [0.25, 0.3) is 0 Å². The molecule has 258 valence electrons. The highest BCUT2D eigenvalue weighted by molar-refractivity contribution is 7.85. The maximum Gasteiger partial charge on any atom is 0.322 e. The fourth-order valence-electron chi connectivity index (χ4n) is 4.77. The van der Waals surface area contributed by atoms with E-state index in [2.05, 4.69) is 21.3 Å². The number of aliphatic hydroxyl groups is 2. The fourth-order valence-corrected chi connectivity index (χ4v) is 6.12. The number of nitrogens with one attached hydrogen (secondary N) is 4. The highest BCUT2D eigenvalue weighted by atomic mass is 32.2. The summed E-state index contributed by atoms with van der Waals surface area (Å²) in [4.78, 5) is 62.4. The van der Waals surface area contributed by atoms with Crippen LogP contribution in [0.1, 0.15) is 52.2 Å². The Morgan fingerprint density at radius 3 is 2.30 bits per heavy atom. The number of carboxylic acids is 2. The summed E-state index contributed by atoms with van der Waals surface area (Å²) in [6, 6.07) is -3.68. The third-order valence-electron chi connectivity index (χ3n) is 7.62. The van der Waals surface area contributed by atoms with Gasteiger partial charge in [0, 0.05) is 22.9 Å². The van der Waals surface area contributed by atoms with Crippen molar-refractivity contribution in [3.05, 3.63) is 17.7 Å². The molecule has 0 aliphatic carbocycles. The number of benzene rings is 1. The average Bonchev–Trinajstić information content (AvgIpc) is 2.97. The molecule has 0 unspecified atom stereocenters. The molecule has 8 atom stereocenters. The number of likely N-dealkylation sites (N-methyl/N-ethyl adjacent to an activating group) is 1.